The first-order valence-electron chi connectivity index (χ1n) is 4.67. The van der Waals surface area contributed by atoms with Gasteiger partial charge in [-0.3, -0.25) is 0 Å². The fourth-order valence-corrected chi connectivity index (χ4v) is 1.47. The summed E-state index contributed by atoms with van der Waals surface area (Å²) in [5.74, 6) is 0.779. The molecule has 0 radical (unpaired) electrons. The Morgan fingerprint density at radius 2 is 2.50 bits per heavy atom. The molecule has 5 heteroatoms. The van der Waals surface area contributed by atoms with Crippen molar-refractivity contribution in [2.75, 3.05) is 13.2 Å². The molecule has 5 nitrogen and oxygen atoms in total. The van der Waals surface area contributed by atoms with Crippen LogP contribution in [0, 0.1) is 6.92 Å². The number of aryl methyl sites for hydroxylation is 1. The molecular weight excluding hydrogens is 184 g/mol. The van der Waals surface area contributed by atoms with Gasteiger partial charge in [-0.2, -0.15) is 0 Å². The summed E-state index contributed by atoms with van der Waals surface area (Å²) < 4.78 is 10.1. The van der Waals surface area contributed by atoms with Crippen molar-refractivity contribution in [3.8, 4) is 0 Å². The molecule has 1 aliphatic heterocycles. The van der Waals surface area contributed by atoms with Gasteiger partial charge >= 0.3 is 0 Å². The van der Waals surface area contributed by atoms with Gasteiger partial charge in [-0.25, -0.2) is 0 Å². The van der Waals surface area contributed by atoms with Gasteiger partial charge < -0.3 is 19.7 Å². The SMILES string of the molecule is Cc1cc(CNC2COCC2O)on1. The summed E-state index contributed by atoms with van der Waals surface area (Å²) in [6.07, 6.45) is -0.418. The third-order valence-electron chi connectivity index (χ3n) is 2.27. The topological polar surface area (TPSA) is 67.5 Å². The van der Waals surface area contributed by atoms with E-state index in [9.17, 15) is 5.11 Å². The minimum absolute atomic E-state index is 0.000376. The van der Waals surface area contributed by atoms with E-state index in [1.54, 1.807) is 0 Å². The second kappa shape index (κ2) is 4.08. The van der Waals surface area contributed by atoms with Crippen LogP contribution >= 0.6 is 0 Å². The molecule has 1 aromatic heterocycles. The van der Waals surface area contributed by atoms with Gasteiger partial charge in [0.15, 0.2) is 5.76 Å². The Hall–Kier alpha value is -0.910. The van der Waals surface area contributed by atoms with Gasteiger partial charge in [-0.1, -0.05) is 5.16 Å². The van der Waals surface area contributed by atoms with Crippen LogP contribution in [0.1, 0.15) is 11.5 Å². The molecule has 2 unspecified atom stereocenters. The van der Waals surface area contributed by atoms with Crippen LogP contribution in [0.5, 0.6) is 0 Å². The number of rotatable bonds is 3. The molecule has 0 spiro atoms. The highest BCUT2D eigenvalue weighted by Crippen LogP contribution is 2.07. The van der Waals surface area contributed by atoms with E-state index < -0.39 is 6.10 Å². The van der Waals surface area contributed by atoms with Gasteiger partial charge in [-0.05, 0) is 6.92 Å². The molecule has 2 N–H and O–H groups in total. The van der Waals surface area contributed by atoms with Crippen LogP contribution in [0.15, 0.2) is 10.6 Å². The Morgan fingerprint density at radius 1 is 1.64 bits per heavy atom. The standard InChI is InChI=1S/C9H14N2O3/c1-6-2-7(14-11-6)3-10-8-4-13-5-9(8)12/h2,8-10,12H,3-5H2,1H3. The Morgan fingerprint density at radius 3 is 3.07 bits per heavy atom. The number of aliphatic hydroxyl groups excluding tert-OH is 1. The van der Waals surface area contributed by atoms with Crippen molar-refractivity contribution < 1.29 is 14.4 Å². The lowest BCUT2D eigenvalue weighted by atomic mass is 10.2. The maximum absolute atomic E-state index is 9.44. The highest BCUT2D eigenvalue weighted by Gasteiger charge is 2.25. The van der Waals surface area contributed by atoms with E-state index in [-0.39, 0.29) is 6.04 Å². The average molecular weight is 198 g/mol. The maximum atomic E-state index is 9.44. The third kappa shape index (κ3) is 2.12. The zero-order chi connectivity index (χ0) is 9.97. The molecule has 1 aliphatic rings. The molecule has 2 atom stereocenters. The van der Waals surface area contributed by atoms with E-state index in [1.165, 1.54) is 0 Å². The Labute approximate surface area is 82.0 Å². The van der Waals surface area contributed by atoms with Crippen LogP contribution < -0.4 is 5.32 Å². The predicted octanol–water partition coefficient (Wildman–Crippen LogP) is -0.168. The first kappa shape index (κ1) is 9.64. The molecule has 0 bridgehead atoms. The highest BCUT2D eigenvalue weighted by molar-refractivity contribution is 5.03. The van der Waals surface area contributed by atoms with Crippen molar-refractivity contribution in [2.45, 2.75) is 25.6 Å². The normalized spacial score (nSPS) is 27.0. The molecule has 2 rings (SSSR count). The molecule has 1 aromatic rings. The molecule has 0 saturated carbocycles. The average Bonchev–Trinajstić information content (AvgIpc) is 2.72. The molecule has 2 heterocycles. The smallest absolute Gasteiger partial charge is 0.150 e. The van der Waals surface area contributed by atoms with Crippen LogP contribution in [0.4, 0.5) is 0 Å². The van der Waals surface area contributed by atoms with Gasteiger partial charge in [0.2, 0.25) is 0 Å². The summed E-state index contributed by atoms with van der Waals surface area (Å²) in [5.41, 5.74) is 0.866. The molecule has 1 saturated heterocycles. The van der Waals surface area contributed by atoms with Crippen molar-refractivity contribution in [3.05, 3.63) is 17.5 Å². The van der Waals surface area contributed by atoms with Crippen molar-refractivity contribution in [1.82, 2.24) is 10.5 Å². The molecule has 0 amide bonds. The van der Waals surface area contributed by atoms with Gasteiger partial charge in [0, 0.05) is 6.07 Å². The van der Waals surface area contributed by atoms with Crippen molar-refractivity contribution in [3.63, 3.8) is 0 Å². The van der Waals surface area contributed by atoms with E-state index in [4.69, 9.17) is 9.26 Å². The van der Waals surface area contributed by atoms with Crippen LogP contribution in [-0.4, -0.2) is 35.6 Å². The minimum Gasteiger partial charge on any atom is -0.389 e. The Balaban J connectivity index is 1.82. The number of nitrogens with zero attached hydrogens (tertiary/aromatic N) is 1. The summed E-state index contributed by atoms with van der Waals surface area (Å²) in [7, 11) is 0. The highest BCUT2D eigenvalue weighted by atomic mass is 16.5. The van der Waals surface area contributed by atoms with Crippen molar-refractivity contribution >= 4 is 0 Å². The molecule has 0 aliphatic carbocycles. The number of hydrogen-bond acceptors (Lipinski definition) is 5. The van der Waals surface area contributed by atoms with Gasteiger partial charge in [0.1, 0.15) is 0 Å². The zero-order valence-corrected chi connectivity index (χ0v) is 8.06. The first-order valence-corrected chi connectivity index (χ1v) is 4.67. The van der Waals surface area contributed by atoms with Crippen molar-refractivity contribution in [1.29, 1.82) is 0 Å². The van der Waals surface area contributed by atoms with Gasteiger partial charge in [-0.15, -0.1) is 0 Å². The summed E-state index contributed by atoms with van der Waals surface area (Å²) in [4.78, 5) is 0. The number of aliphatic hydroxyl groups is 1. The van der Waals surface area contributed by atoms with Gasteiger partial charge in [0.05, 0.1) is 37.6 Å². The third-order valence-corrected chi connectivity index (χ3v) is 2.27. The minimum atomic E-state index is -0.418. The summed E-state index contributed by atoms with van der Waals surface area (Å²) in [5, 5.41) is 16.4. The number of ether oxygens (including phenoxy) is 1. The van der Waals surface area contributed by atoms with E-state index >= 15 is 0 Å². The maximum Gasteiger partial charge on any atom is 0.150 e. The summed E-state index contributed by atoms with van der Waals surface area (Å²) in [6, 6.07) is 1.87. The van der Waals surface area contributed by atoms with E-state index in [2.05, 4.69) is 10.5 Å². The fourth-order valence-electron chi connectivity index (χ4n) is 1.47. The number of aromatic nitrogens is 1. The molecule has 0 aromatic carbocycles. The van der Waals surface area contributed by atoms with E-state index in [0.717, 1.165) is 11.5 Å². The van der Waals surface area contributed by atoms with Crippen LogP contribution in [-0.2, 0) is 11.3 Å². The Bertz CT molecular complexity index is 300. The zero-order valence-electron chi connectivity index (χ0n) is 8.06. The molecule has 78 valence electrons. The fraction of sp³-hybridized carbons (Fsp3) is 0.667. The molecule has 1 fully saturated rings. The monoisotopic (exact) mass is 198 g/mol. The van der Waals surface area contributed by atoms with Crippen LogP contribution in [0.3, 0.4) is 0 Å². The summed E-state index contributed by atoms with van der Waals surface area (Å²) >= 11 is 0. The number of hydrogen-bond donors (Lipinski definition) is 2. The quantitative estimate of drug-likeness (QED) is 0.706. The lowest BCUT2D eigenvalue weighted by molar-refractivity contribution is 0.122. The summed E-state index contributed by atoms with van der Waals surface area (Å²) in [6.45, 7) is 3.41. The van der Waals surface area contributed by atoms with Crippen LogP contribution in [0.25, 0.3) is 0 Å². The second-order valence-corrected chi connectivity index (χ2v) is 3.53. The molecular formula is C9H14N2O3. The molecule has 14 heavy (non-hydrogen) atoms. The number of nitrogens with one attached hydrogen (secondary N) is 1. The largest absolute Gasteiger partial charge is 0.389 e. The lowest BCUT2D eigenvalue weighted by Gasteiger charge is -2.12. The second-order valence-electron chi connectivity index (χ2n) is 3.53. The predicted molar refractivity (Wildman–Crippen MR) is 48.7 cm³/mol. The van der Waals surface area contributed by atoms with E-state index in [1.807, 2.05) is 13.0 Å². The first-order chi connectivity index (χ1) is 6.75. The van der Waals surface area contributed by atoms with Gasteiger partial charge in [0.25, 0.3) is 0 Å². The van der Waals surface area contributed by atoms with E-state index in [0.29, 0.717) is 19.8 Å². The Kier molecular flexibility index (Phi) is 2.81. The lowest BCUT2D eigenvalue weighted by Crippen LogP contribution is -2.38. The van der Waals surface area contributed by atoms with Crippen molar-refractivity contribution in [2.24, 2.45) is 0 Å². The van der Waals surface area contributed by atoms with Crippen LogP contribution in [0.2, 0.25) is 0 Å².